The smallest absolute Gasteiger partial charge is 0.318 e. The van der Waals surface area contributed by atoms with E-state index in [1.54, 1.807) is 20.0 Å². The molecule has 10 heteroatoms. The lowest BCUT2D eigenvalue weighted by molar-refractivity contribution is -0.145. The molecule has 2 aromatic rings. The lowest BCUT2D eigenvalue weighted by Gasteiger charge is -2.51. The van der Waals surface area contributed by atoms with E-state index in [1.165, 1.54) is 0 Å². The second kappa shape index (κ2) is 10.3. The minimum atomic E-state index is -1.46. The summed E-state index contributed by atoms with van der Waals surface area (Å²) in [6.07, 6.45) is 2.94. The molecule has 2 aliphatic rings. The van der Waals surface area contributed by atoms with Gasteiger partial charge in [0.2, 0.25) is 5.91 Å². The number of hydrogen-bond donors (Lipinski definition) is 3. The van der Waals surface area contributed by atoms with Crippen molar-refractivity contribution < 1.29 is 19.1 Å². The van der Waals surface area contributed by atoms with Crippen molar-refractivity contribution in [2.24, 2.45) is 5.73 Å². The van der Waals surface area contributed by atoms with Gasteiger partial charge in [0.25, 0.3) is 0 Å². The Labute approximate surface area is 211 Å². The molecule has 2 aliphatic heterocycles. The second-order valence-corrected chi connectivity index (χ2v) is 10.2. The van der Waals surface area contributed by atoms with Gasteiger partial charge in [0.05, 0.1) is 24.3 Å². The summed E-state index contributed by atoms with van der Waals surface area (Å²) in [5, 5.41) is 5.83. The van der Waals surface area contributed by atoms with Crippen LogP contribution in [0.15, 0.2) is 54.7 Å². The predicted octanol–water partition coefficient (Wildman–Crippen LogP) is 0.669. The first-order valence-electron chi connectivity index (χ1n) is 12.1. The largest absolute Gasteiger partial charge is 0.372 e. The van der Waals surface area contributed by atoms with Crippen molar-refractivity contribution in [2.75, 3.05) is 32.8 Å². The lowest BCUT2D eigenvalue weighted by Crippen LogP contribution is -2.74. The van der Waals surface area contributed by atoms with Crippen LogP contribution in [0, 0.1) is 0 Å². The third kappa shape index (κ3) is 5.40. The Morgan fingerprint density at radius 2 is 1.97 bits per heavy atom. The highest BCUT2D eigenvalue weighted by Crippen LogP contribution is 2.32. The van der Waals surface area contributed by atoms with E-state index in [2.05, 4.69) is 15.6 Å². The van der Waals surface area contributed by atoms with Crippen LogP contribution in [0.3, 0.4) is 0 Å². The number of aromatic nitrogens is 1. The molecule has 192 valence electrons. The number of fused-ring (bicyclic) bond motifs is 1. The Balaban J connectivity index is 1.62. The minimum Gasteiger partial charge on any atom is -0.372 e. The van der Waals surface area contributed by atoms with Crippen molar-refractivity contribution in [1.82, 2.24) is 25.4 Å². The van der Waals surface area contributed by atoms with Gasteiger partial charge in [-0.2, -0.15) is 0 Å². The van der Waals surface area contributed by atoms with Gasteiger partial charge in [-0.15, -0.1) is 0 Å². The van der Waals surface area contributed by atoms with Crippen molar-refractivity contribution in [3.63, 3.8) is 0 Å². The molecule has 4 N–H and O–H groups in total. The van der Waals surface area contributed by atoms with Crippen molar-refractivity contribution in [3.05, 3.63) is 66.0 Å². The molecule has 1 aromatic heterocycles. The number of amides is 3. The first-order chi connectivity index (χ1) is 17.2. The van der Waals surface area contributed by atoms with Crippen LogP contribution in [0.25, 0.3) is 0 Å². The van der Waals surface area contributed by atoms with E-state index >= 15 is 0 Å². The molecule has 0 aliphatic carbocycles. The standard InChI is InChI=1S/C26H34N6O4/c1-24(2,27)22(34)30-26(18-33,19-36-15-20-8-4-3-5-9-20)31-12-13-32-23(35)29-16-25(32,17-31)14-21-10-6-7-11-28-21/h3-11,18H,12-17,19,27H2,1-2H3,(H,29,35)(H,30,34)/t25-,26+/m1/s1. The maximum Gasteiger partial charge on any atom is 0.318 e. The van der Waals surface area contributed by atoms with Crippen LogP contribution in [0.4, 0.5) is 4.79 Å². The van der Waals surface area contributed by atoms with Crippen LogP contribution in [0.2, 0.25) is 0 Å². The maximum absolute atomic E-state index is 13.0. The zero-order valence-electron chi connectivity index (χ0n) is 20.8. The number of nitrogens with zero attached hydrogens (tertiary/aromatic N) is 3. The molecule has 0 spiro atoms. The zero-order valence-corrected chi connectivity index (χ0v) is 20.8. The molecule has 0 unspecified atom stereocenters. The fourth-order valence-electron chi connectivity index (χ4n) is 4.78. The van der Waals surface area contributed by atoms with E-state index in [0.717, 1.165) is 17.5 Å². The summed E-state index contributed by atoms with van der Waals surface area (Å²) in [7, 11) is 0. The number of urea groups is 1. The molecule has 1 aromatic carbocycles. The number of piperazine rings is 1. The first kappa shape index (κ1) is 25.7. The molecule has 0 radical (unpaired) electrons. The molecule has 4 rings (SSSR count). The number of pyridine rings is 1. The third-order valence-electron chi connectivity index (χ3n) is 6.81. The Bertz CT molecular complexity index is 1080. The number of benzene rings is 1. The fraction of sp³-hybridized carbons (Fsp3) is 0.462. The van der Waals surface area contributed by atoms with E-state index < -0.39 is 22.6 Å². The summed E-state index contributed by atoms with van der Waals surface area (Å²) in [6, 6.07) is 15.1. The normalized spacial score (nSPS) is 21.9. The van der Waals surface area contributed by atoms with Crippen LogP contribution >= 0.6 is 0 Å². The number of nitrogens with one attached hydrogen (secondary N) is 2. The SMILES string of the molecule is CC(C)(N)C(=O)N[C@](C=O)(COCc1ccccc1)N1CCN2C(=O)NC[C@]2(Cc2ccccn2)C1. The number of nitrogens with two attached hydrogens (primary N) is 1. The summed E-state index contributed by atoms with van der Waals surface area (Å²) in [5.41, 5.74) is 4.55. The highest BCUT2D eigenvalue weighted by atomic mass is 16.5. The van der Waals surface area contributed by atoms with E-state index in [0.29, 0.717) is 32.6 Å². The van der Waals surface area contributed by atoms with E-state index in [-0.39, 0.29) is 19.2 Å². The van der Waals surface area contributed by atoms with Crippen LogP contribution in [0.1, 0.15) is 25.1 Å². The van der Waals surface area contributed by atoms with Crippen LogP contribution < -0.4 is 16.4 Å². The number of ether oxygens (including phenoxy) is 1. The summed E-state index contributed by atoms with van der Waals surface area (Å²) in [4.78, 5) is 46.6. The van der Waals surface area contributed by atoms with Gasteiger partial charge in [-0.25, -0.2) is 4.79 Å². The van der Waals surface area contributed by atoms with E-state index in [1.807, 2.05) is 58.3 Å². The molecular formula is C26H34N6O4. The summed E-state index contributed by atoms with van der Waals surface area (Å²) >= 11 is 0. The van der Waals surface area contributed by atoms with E-state index in [4.69, 9.17) is 10.5 Å². The molecule has 2 saturated heterocycles. The van der Waals surface area contributed by atoms with Gasteiger partial charge in [-0.1, -0.05) is 36.4 Å². The highest BCUT2D eigenvalue weighted by Gasteiger charge is 2.53. The fourth-order valence-corrected chi connectivity index (χ4v) is 4.78. The van der Waals surface area contributed by atoms with Crippen molar-refractivity contribution in [1.29, 1.82) is 0 Å². The molecule has 0 bridgehead atoms. The maximum atomic E-state index is 13.0. The minimum absolute atomic E-state index is 0.0751. The predicted molar refractivity (Wildman–Crippen MR) is 134 cm³/mol. The molecule has 3 amide bonds. The number of carbonyl (C=O) groups excluding carboxylic acids is 3. The van der Waals surface area contributed by atoms with Crippen molar-refractivity contribution >= 4 is 18.2 Å². The monoisotopic (exact) mass is 494 g/mol. The zero-order chi connectivity index (χ0) is 25.8. The number of rotatable bonds is 10. The van der Waals surface area contributed by atoms with Gasteiger partial charge in [-0.05, 0) is 31.5 Å². The van der Waals surface area contributed by atoms with Crippen LogP contribution in [-0.4, -0.2) is 82.5 Å². The van der Waals surface area contributed by atoms with Gasteiger partial charge >= 0.3 is 6.03 Å². The van der Waals surface area contributed by atoms with Crippen molar-refractivity contribution in [2.45, 2.75) is 43.6 Å². The van der Waals surface area contributed by atoms with Crippen LogP contribution in [0.5, 0.6) is 0 Å². The number of aldehydes is 1. The summed E-state index contributed by atoms with van der Waals surface area (Å²) in [6.45, 7) is 4.86. The average Bonchev–Trinajstić information content (AvgIpc) is 3.19. The average molecular weight is 495 g/mol. The van der Waals surface area contributed by atoms with Gasteiger partial charge in [0.15, 0.2) is 11.9 Å². The Morgan fingerprint density at radius 1 is 1.22 bits per heavy atom. The third-order valence-corrected chi connectivity index (χ3v) is 6.81. The molecular weight excluding hydrogens is 460 g/mol. The van der Waals surface area contributed by atoms with Crippen molar-refractivity contribution in [3.8, 4) is 0 Å². The van der Waals surface area contributed by atoms with Gasteiger partial charge in [-0.3, -0.25) is 19.5 Å². The molecule has 2 fully saturated rings. The quantitative estimate of drug-likeness (QED) is 0.414. The van der Waals surface area contributed by atoms with Gasteiger partial charge < -0.3 is 26.0 Å². The van der Waals surface area contributed by atoms with Crippen LogP contribution in [-0.2, 0) is 27.4 Å². The Kier molecular flexibility index (Phi) is 7.39. The van der Waals surface area contributed by atoms with Gasteiger partial charge in [0.1, 0.15) is 0 Å². The molecule has 2 atom stereocenters. The molecule has 36 heavy (non-hydrogen) atoms. The topological polar surface area (TPSA) is 130 Å². The lowest BCUT2D eigenvalue weighted by atomic mass is 9.88. The Morgan fingerprint density at radius 3 is 2.64 bits per heavy atom. The summed E-state index contributed by atoms with van der Waals surface area (Å²) in [5.74, 6) is -0.472. The number of carbonyl (C=O) groups is 3. The van der Waals surface area contributed by atoms with E-state index in [9.17, 15) is 14.4 Å². The molecule has 3 heterocycles. The number of hydrogen-bond acceptors (Lipinski definition) is 7. The van der Waals surface area contributed by atoms with Gasteiger partial charge in [0, 0.05) is 44.5 Å². The highest BCUT2D eigenvalue weighted by molar-refractivity contribution is 5.88. The second-order valence-electron chi connectivity index (χ2n) is 10.2. The molecule has 0 saturated carbocycles. The Hall–Kier alpha value is -3.34. The summed E-state index contributed by atoms with van der Waals surface area (Å²) < 4.78 is 5.99. The first-order valence-corrected chi connectivity index (χ1v) is 12.1. The molecule has 10 nitrogen and oxygen atoms in total.